The van der Waals surface area contributed by atoms with E-state index in [9.17, 15) is 19.8 Å². The summed E-state index contributed by atoms with van der Waals surface area (Å²) in [5, 5.41) is 22.8. The number of ether oxygens (including phenoxy) is 2. The van der Waals surface area contributed by atoms with Crippen molar-refractivity contribution < 1.29 is 28.5 Å². The van der Waals surface area contributed by atoms with Crippen LogP contribution in [-0.4, -0.2) is 29.5 Å². The summed E-state index contributed by atoms with van der Waals surface area (Å²) < 4.78 is 23.6. The van der Waals surface area contributed by atoms with E-state index < -0.39 is 24.2 Å². The zero-order valence-electron chi connectivity index (χ0n) is 23.5. The lowest BCUT2D eigenvalue weighted by molar-refractivity contribution is -0.0822. The van der Waals surface area contributed by atoms with Crippen molar-refractivity contribution in [1.82, 2.24) is 0 Å². The molecule has 0 radical (unpaired) electrons. The Morgan fingerprint density at radius 2 is 1.42 bits per heavy atom. The van der Waals surface area contributed by atoms with Crippen molar-refractivity contribution in [3.05, 3.63) is 139 Å². The van der Waals surface area contributed by atoms with Gasteiger partial charge in [0.15, 0.2) is 23.1 Å². The molecule has 2 N–H and O–H groups in total. The standard InChI is InChI=1S/C35H30O8/c1-40-21-11-7-20(8-12-21)10-14-23-18-25(37)29-31-30-27(43-35(32(31)38)33(39)34(29)42-23)16-15-26-28(30)24(36)17-22(41-26)13-9-19-5-3-2-4-6-19/h2-8,11-12,15-18,31-33,35,38-39H,9-10,13-14H2,1H3/t31-,32-,33+,35+/m0/s1. The average molecular weight is 579 g/mol. The summed E-state index contributed by atoms with van der Waals surface area (Å²) in [5.74, 6) is 1.16. The van der Waals surface area contributed by atoms with Crippen LogP contribution in [0.5, 0.6) is 11.5 Å². The van der Waals surface area contributed by atoms with Gasteiger partial charge < -0.3 is 28.5 Å². The minimum absolute atomic E-state index is 0.0593. The number of rotatable bonds is 7. The largest absolute Gasteiger partial charge is 0.497 e. The molecule has 2 bridgehead atoms. The molecule has 8 heteroatoms. The highest BCUT2D eigenvalue weighted by Crippen LogP contribution is 2.50. The Kier molecular flexibility index (Phi) is 6.88. The number of fused-ring (bicyclic) bond motifs is 8. The van der Waals surface area contributed by atoms with Crippen LogP contribution in [0.3, 0.4) is 0 Å². The first-order chi connectivity index (χ1) is 20.9. The average Bonchev–Trinajstić information content (AvgIpc) is 3.02. The fourth-order valence-electron chi connectivity index (χ4n) is 6.33. The number of hydrogen-bond donors (Lipinski definition) is 2. The molecule has 3 aromatic carbocycles. The van der Waals surface area contributed by atoms with Crippen molar-refractivity contribution in [3.8, 4) is 11.5 Å². The van der Waals surface area contributed by atoms with Crippen molar-refractivity contribution in [2.24, 2.45) is 0 Å². The number of aliphatic hydroxyl groups is 2. The van der Waals surface area contributed by atoms with E-state index in [1.165, 1.54) is 12.1 Å². The predicted molar refractivity (Wildman–Crippen MR) is 159 cm³/mol. The molecule has 0 saturated carbocycles. The molecule has 0 saturated heterocycles. The molecule has 43 heavy (non-hydrogen) atoms. The maximum atomic E-state index is 13.6. The fraction of sp³-hybridized carbons (Fsp3) is 0.257. The monoisotopic (exact) mass is 578 g/mol. The van der Waals surface area contributed by atoms with Crippen molar-refractivity contribution in [1.29, 1.82) is 0 Å². The summed E-state index contributed by atoms with van der Waals surface area (Å²) in [6.45, 7) is 0. The van der Waals surface area contributed by atoms with Crippen LogP contribution in [0.2, 0.25) is 0 Å². The highest BCUT2D eigenvalue weighted by Gasteiger charge is 2.51. The first-order valence-electron chi connectivity index (χ1n) is 14.4. The van der Waals surface area contributed by atoms with Crippen molar-refractivity contribution in [3.63, 3.8) is 0 Å². The third kappa shape index (κ3) is 4.82. The quantitative estimate of drug-likeness (QED) is 0.287. The number of aliphatic hydroxyl groups excluding tert-OH is 2. The van der Waals surface area contributed by atoms with E-state index in [-0.39, 0.29) is 27.6 Å². The molecule has 3 heterocycles. The van der Waals surface area contributed by atoms with Gasteiger partial charge >= 0.3 is 0 Å². The van der Waals surface area contributed by atoms with Gasteiger partial charge in [-0.1, -0.05) is 42.5 Å². The molecule has 218 valence electrons. The van der Waals surface area contributed by atoms with Gasteiger partial charge in [-0.3, -0.25) is 9.59 Å². The second kappa shape index (κ2) is 10.9. The van der Waals surface area contributed by atoms with E-state index in [1.807, 2.05) is 54.6 Å². The topological polar surface area (TPSA) is 119 Å². The Balaban J connectivity index is 1.26. The molecule has 2 aromatic heterocycles. The molecule has 0 unspecified atom stereocenters. The first kappa shape index (κ1) is 27.2. The molecule has 4 atom stereocenters. The van der Waals surface area contributed by atoms with Crippen LogP contribution in [0.15, 0.2) is 97.3 Å². The fourth-order valence-corrected chi connectivity index (χ4v) is 6.33. The van der Waals surface area contributed by atoms with Crippen LogP contribution in [0.4, 0.5) is 0 Å². The van der Waals surface area contributed by atoms with Crippen LogP contribution in [0.25, 0.3) is 11.0 Å². The highest BCUT2D eigenvalue weighted by atomic mass is 16.5. The Labute approximate surface area is 246 Å². The molecule has 7 rings (SSSR count). The van der Waals surface area contributed by atoms with Crippen LogP contribution in [-0.2, 0) is 25.7 Å². The van der Waals surface area contributed by atoms with Crippen molar-refractivity contribution in [2.45, 2.75) is 49.9 Å². The minimum atomic E-state index is -1.37. The molecule has 0 spiro atoms. The van der Waals surface area contributed by atoms with E-state index in [1.54, 1.807) is 19.2 Å². The van der Waals surface area contributed by atoms with Gasteiger partial charge in [0.05, 0.1) is 24.0 Å². The Morgan fingerprint density at radius 3 is 2.14 bits per heavy atom. The summed E-state index contributed by atoms with van der Waals surface area (Å²) in [4.78, 5) is 27.2. The van der Waals surface area contributed by atoms with Crippen LogP contribution in [0, 0.1) is 0 Å². The van der Waals surface area contributed by atoms with Gasteiger partial charge in [0.25, 0.3) is 0 Å². The van der Waals surface area contributed by atoms with Crippen LogP contribution in [0.1, 0.15) is 51.6 Å². The van der Waals surface area contributed by atoms with Crippen LogP contribution >= 0.6 is 0 Å². The third-order valence-electron chi connectivity index (χ3n) is 8.48. The Hall–Kier alpha value is -4.66. The molecule has 5 aromatic rings. The van der Waals surface area contributed by atoms with Gasteiger partial charge in [0.2, 0.25) is 0 Å². The zero-order chi connectivity index (χ0) is 29.7. The minimum Gasteiger partial charge on any atom is -0.497 e. The number of aryl methyl sites for hydroxylation is 4. The van der Waals surface area contributed by atoms with Gasteiger partial charge in [0, 0.05) is 30.5 Å². The molecule has 0 amide bonds. The molecule has 1 aliphatic carbocycles. The number of methoxy groups -OCH3 is 1. The van der Waals surface area contributed by atoms with Crippen molar-refractivity contribution >= 4 is 11.0 Å². The third-order valence-corrected chi connectivity index (χ3v) is 8.48. The Morgan fingerprint density at radius 1 is 0.744 bits per heavy atom. The number of benzene rings is 3. The van der Waals surface area contributed by atoms with Gasteiger partial charge in [-0.15, -0.1) is 0 Å². The van der Waals surface area contributed by atoms with Gasteiger partial charge in [-0.05, 0) is 48.2 Å². The maximum Gasteiger partial charge on any atom is 0.193 e. The summed E-state index contributed by atoms with van der Waals surface area (Å²) in [6.07, 6.45) is -1.43. The lowest BCUT2D eigenvalue weighted by Crippen LogP contribution is -2.50. The lowest BCUT2D eigenvalue weighted by Gasteiger charge is -2.43. The molecular weight excluding hydrogens is 548 g/mol. The SMILES string of the molecule is COc1ccc(CCc2cc(=O)c3c(o2)[C@@H](O)[C@@H]2Oc4ccc5oc(CCc6ccccc6)cc(=O)c5c4[C@H]3[C@@H]2O)cc1. The van der Waals surface area contributed by atoms with Gasteiger partial charge in [-0.2, -0.15) is 0 Å². The van der Waals surface area contributed by atoms with E-state index in [4.69, 9.17) is 18.3 Å². The lowest BCUT2D eigenvalue weighted by atomic mass is 9.73. The first-order valence-corrected chi connectivity index (χ1v) is 14.4. The molecule has 1 aliphatic heterocycles. The van der Waals surface area contributed by atoms with E-state index >= 15 is 0 Å². The molecule has 0 fully saturated rings. The second-order valence-electron chi connectivity index (χ2n) is 11.1. The van der Waals surface area contributed by atoms with Crippen molar-refractivity contribution in [2.75, 3.05) is 7.11 Å². The Bertz CT molecular complexity index is 1920. The van der Waals surface area contributed by atoms with E-state index in [0.717, 1.165) is 16.9 Å². The summed E-state index contributed by atoms with van der Waals surface area (Å²) in [6, 6.07) is 23.8. The van der Waals surface area contributed by atoms with Gasteiger partial charge in [0.1, 0.15) is 40.5 Å². The number of hydrogen-bond acceptors (Lipinski definition) is 8. The zero-order valence-corrected chi connectivity index (χ0v) is 23.5. The smallest absolute Gasteiger partial charge is 0.193 e. The highest BCUT2D eigenvalue weighted by molar-refractivity contribution is 5.85. The second-order valence-corrected chi connectivity index (χ2v) is 11.1. The molecule has 2 aliphatic rings. The summed E-state index contributed by atoms with van der Waals surface area (Å²) in [5.41, 5.74) is 2.35. The molecule has 8 nitrogen and oxygen atoms in total. The summed E-state index contributed by atoms with van der Waals surface area (Å²) >= 11 is 0. The maximum absolute atomic E-state index is 13.6. The summed E-state index contributed by atoms with van der Waals surface area (Å²) in [7, 11) is 1.61. The normalized spacial score (nSPS) is 20.3. The molecular formula is C35H30O8. The van der Waals surface area contributed by atoms with Crippen LogP contribution < -0.4 is 20.3 Å². The predicted octanol–water partition coefficient (Wildman–Crippen LogP) is 4.63. The van der Waals surface area contributed by atoms with E-state index in [2.05, 4.69) is 0 Å². The van der Waals surface area contributed by atoms with E-state index in [0.29, 0.717) is 54.1 Å². The van der Waals surface area contributed by atoms with Gasteiger partial charge in [-0.25, -0.2) is 0 Å².